The van der Waals surface area contributed by atoms with Gasteiger partial charge in [-0.2, -0.15) is 0 Å². The molecule has 1 aliphatic carbocycles. The molecule has 0 aromatic heterocycles. The van der Waals surface area contributed by atoms with Crippen LogP contribution < -0.4 is 5.14 Å². The van der Waals surface area contributed by atoms with Gasteiger partial charge in [-0.3, -0.25) is 0 Å². The van der Waals surface area contributed by atoms with Gasteiger partial charge in [0.1, 0.15) is 5.82 Å². The molecule has 0 unspecified atom stereocenters. The molecule has 2 aromatic rings. The van der Waals surface area contributed by atoms with Gasteiger partial charge >= 0.3 is 0 Å². The Labute approximate surface area is 152 Å². The molecule has 0 spiro atoms. The summed E-state index contributed by atoms with van der Waals surface area (Å²) in [6.45, 7) is 2.39. The first-order chi connectivity index (χ1) is 12.3. The number of allylic oxidation sites excluding steroid dienone is 1. The Morgan fingerprint density at radius 1 is 1.23 bits per heavy atom. The molecule has 4 nitrogen and oxygen atoms in total. The minimum atomic E-state index is -3.72. The van der Waals surface area contributed by atoms with Crippen molar-refractivity contribution in [2.75, 3.05) is 13.7 Å². The van der Waals surface area contributed by atoms with Gasteiger partial charge in [0.05, 0.1) is 11.5 Å². The standard InChI is InChI=1S/C20H20FNO3S/c1-13-9-15-5-6-17(21)11-19(15)20(13)16(12-25-2)10-14-3-7-18(8-4-14)26(22,23)24/h3-8,10-11H,9,12H2,1-2H3,(H2,22,23,24). The van der Waals surface area contributed by atoms with Crippen LogP contribution in [-0.4, -0.2) is 22.1 Å². The molecule has 26 heavy (non-hydrogen) atoms. The fourth-order valence-electron chi connectivity index (χ4n) is 3.28. The zero-order valence-corrected chi connectivity index (χ0v) is 15.4. The number of benzene rings is 2. The van der Waals surface area contributed by atoms with Crippen LogP contribution in [-0.2, 0) is 21.2 Å². The van der Waals surface area contributed by atoms with E-state index in [0.29, 0.717) is 6.61 Å². The second kappa shape index (κ2) is 7.15. The predicted octanol–water partition coefficient (Wildman–Crippen LogP) is 3.53. The summed E-state index contributed by atoms with van der Waals surface area (Å²) < 4.78 is 41.9. The highest BCUT2D eigenvalue weighted by Crippen LogP contribution is 2.38. The van der Waals surface area contributed by atoms with Crippen LogP contribution in [0, 0.1) is 5.82 Å². The van der Waals surface area contributed by atoms with Gasteiger partial charge in [-0.1, -0.05) is 23.8 Å². The van der Waals surface area contributed by atoms with Crippen LogP contribution in [0.2, 0.25) is 0 Å². The van der Waals surface area contributed by atoms with Gasteiger partial charge in [0.15, 0.2) is 0 Å². The number of rotatable bonds is 5. The van der Waals surface area contributed by atoms with Crippen molar-refractivity contribution in [2.24, 2.45) is 5.14 Å². The van der Waals surface area contributed by atoms with Gasteiger partial charge in [0.2, 0.25) is 10.0 Å². The molecule has 2 N–H and O–H groups in total. The van der Waals surface area contributed by atoms with Gasteiger partial charge in [-0.15, -0.1) is 0 Å². The second-order valence-corrected chi connectivity index (χ2v) is 7.91. The quantitative estimate of drug-likeness (QED) is 0.872. The predicted molar refractivity (Wildman–Crippen MR) is 100 cm³/mol. The molecule has 0 atom stereocenters. The van der Waals surface area contributed by atoms with Gasteiger partial charge in [0.25, 0.3) is 0 Å². The van der Waals surface area contributed by atoms with Crippen LogP contribution in [0.25, 0.3) is 11.6 Å². The summed E-state index contributed by atoms with van der Waals surface area (Å²) in [5.74, 6) is -0.273. The maximum absolute atomic E-state index is 13.8. The first-order valence-corrected chi connectivity index (χ1v) is 9.65. The SMILES string of the molecule is COCC(=Cc1ccc(S(N)(=O)=O)cc1)C1=C(C)Cc2ccc(F)cc21. The van der Waals surface area contributed by atoms with Gasteiger partial charge in [0, 0.05) is 7.11 Å². The number of nitrogens with two attached hydrogens (primary N) is 1. The van der Waals surface area contributed by atoms with E-state index in [-0.39, 0.29) is 10.7 Å². The Morgan fingerprint density at radius 2 is 1.92 bits per heavy atom. The molecule has 0 saturated carbocycles. The van der Waals surface area contributed by atoms with Crippen molar-refractivity contribution < 1.29 is 17.5 Å². The number of halogens is 1. The van der Waals surface area contributed by atoms with Crippen LogP contribution in [0.5, 0.6) is 0 Å². The Morgan fingerprint density at radius 3 is 2.54 bits per heavy atom. The molecule has 2 aromatic carbocycles. The lowest BCUT2D eigenvalue weighted by Crippen LogP contribution is -2.11. The number of primary sulfonamides is 1. The van der Waals surface area contributed by atoms with E-state index in [4.69, 9.17) is 9.88 Å². The largest absolute Gasteiger partial charge is 0.380 e. The van der Waals surface area contributed by atoms with E-state index in [0.717, 1.165) is 39.8 Å². The molecular formula is C20H20FNO3S. The number of ether oxygens (including phenoxy) is 1. The molecule has 1 aliphatic rings. The fraction of sp³-hybridized carbons (Fsp3) is 0.200. The number of fused-ring (bicyclic) bond motifs is 1. The number of sulfonamides is 1. The zero-order chi connectivity index (χ0) is 18.9. The smallest absolute Gasteiger partial charge is 0.238 e. The molecule has 136 valence electrons. The second-order valence-electron chi connectivity index (χ2n) is 6.35. The van der Waals surface area contributed by atoms with Crippen LogP contribution in [0.15, 0.2) is 58.5 Å². The number of hydrogen-bond acceptors (Lipinski definition) is 3. The summed E-state index contributed by atoms with van der Waals surface area (Å²) in [5, 5.41) is 5.13. The molecule has 0 radical (unpaired) electrons. The van der Waals surface area contributed by atoms with E-state index in [1.165, 1.54) is 18.2 Å². The molecule has 0 amide bonds. The van der Waals surface area contributed by atoms with Gasteiger partial charge in [-0.05, 0) is 71.5 Å². The van der Waals surface area contributed by atoms with E-state index >= 15 is 0 Å². The van der Waals surface area contributed by atoms with Crippen LogP contribution in [0.1, 0.15) is 23.6 Å². The van der Waals surface area contributed by atoms with E-state index < -0.39 is 10.0 Å². The topological polar surface area (TPSA) is 69.4 Å². The molecule has 0 fully saturated rings. The molecule has 6 heteroatoms. The van der Waals surface area contributed by atoms with Crippen molar-refractivity contribution in [3.63, 3.8) is 0 Å². The van der Waals surface area contributed by atoms with Crippen molar-refractivity contribution in [2.45, 2.75) is 18.2 Å². The Bertz CT molecular complexity index is 1010. The van der Waals surface area contributed by atoms with E-state index in [2.05, 4.69) is 0 Å². The first-order valence-electron chi connectivity index (χ1n) is 8.11. The minimum Gasteiger partial charge on any atom is -0.380 e. The maximum atomic E-state index is 13.8. The highest BCUT2D eigenvalue weighted by Gasteiger charge is 2.22. The van der Waals surface area contributed by atoms with Gasteiger partial charge < -0.3 is 4.74 Å². The fourth-order valence-corrected chi connectivity index (χ4v) is 3.80. The Balaban J connectivity index is 2.04. The van der Waals surface area contributed by atoms with Crippen LogP contribution in [0.4, 0.5) is 4.39 Å². The lowest BCUT2D eigenvalue weighted by atomic mass is 9.96. The summed E-state index contributed by atoms with van der Waals surface area (Å²) >= 11 is 0. The minimum absolute atomic E-state index is 0.0617. The zero-order valence-electron chi connectivity index (χ0n) is 14.6. The van der Waals surface area contributed by atoms with E-state index in [9.17, 15) is 12.8 Å². The molecule has 3 rings (SSSR count). The molecule has 0 bridgehead atoms. The average molecular weight is 373 g/mol. The number of methoxy groups -OCH3 is 1. The lowest BCUT2D eigenvalue weighted by Gasteiger charge is -2.12. The molecule has 0 aliphatic heterocycles. The highest BCUT2D eigenvalue weighted by molar-refractivity contribution is 7.89. The highest BCUT2D eigenvalue weighted by atomic mass is 32.2. The molecule has 0 saturated heterocycles. The third-order valence-electron chi connectivity index (χ3n) is 4.39. The third-order valence-corrected chi connectivity index (χ3v) is 5.32. The van der Waals surface area contributed by atoms with E-state index in [1.54, 1.807) is 25.3 Å². The summed E-state index contributed by atoms with van der Waals surface area (Å²) in [4.78, 5) is 0.0617. The van der Waals surface area contributed by atoms with Crippen LogP contribution >= 0.6 is 0 Å². The monoisotopic (exact) mass is 373 g/mol. The van der Waals surface area contributed by atoms with E-state index in [1.807, 2.05) is 19.1 Å². The Kier molecular flexibility index (Phi) is 5.09. The van der Waals surface area contributed by atoms with Crippen molar-refractivity contribution in [1.29, 1.82) is 0 Å². The normalized spacial score (nSPS) is 14.7. The van der Waals surface area contributed by atoms with Crippen molar-refractivity contribution in [3.05, 3.63) is 76.1 Å². The van der Waals surface area contributed by atoms with Crippen molar-refractivity contribution >= 4 is 21.7 Å². The van der Waals surface area contributed by atoms with Crippen LogP contribution in [0.3, 0.4) is 0 Å². The van der Waals surface area contributed by atoms with Crippen molar-refractivity contribution in [1.82, 2.24) is 0 Å². The summed E-state index contributed by atoms with van der Waals surface area (Å²) in [5.41, 5.74) is 5.83. The summed E-state index contributed by atoms with van der Waals surface area (Å²) in [6.07, 6.45) is 2.70. The summed E-state index contributed by atoms with van der Waals surface area (Å²) in [6, 6.07) is 11.1. The van der Waals surface area contributed by atoms with Gasteiger partial charge in [-0.25, -0.2) is 17.9 Å². The average Bonchev–Trinajstić information content (AvgIpc) is 2.89. The maximum Gasteiger partial charge on any atom is 0.238 e. The third kappa shape index (κ3) is 3.77. The number of hydrogen-bond donors (Lipinski definition) is 1. The molecule has 0 heterocycles. The first kappa shape index (κ1) is 18.5. The Hall–Kier alpha value is -2.28. The molecular weight excluding hydrogens is 353 g/mol. The summed E-state index contributed by atoms with van der Waals surface area (Å²) in [7, 11) is -2.12. The van der Waals surface area contributed by atoms with Crippen molar-refractivity contribution in [3.8, 4) is 0 Å². The lowest BCUT2D eigenvalue weighted by molar-refractivity contribution is 0.229.